The van der Waals surface area contributed by atoms with Gasteiger partial charge in [0.25, 0.3) is 0 Å². The van der Waals surface area contributed by atoms with Crippen LogP contribution in [0.25, 0.3) is 0 Å². The Kier molecular flexibility index (Phi) is 4.31. The van der Waals surface area contributed by atoms with Gasteiger partial charge in [0, 0.05) is 17.6 Å². The van der Waals surface area contributed by atoms with Crippen molar-refractivity contribution in [3.05, 3.63) is 40.2 Å². The first-order valence-corrected chi connectivity index (χ1v) is 6.45. The second-order valence-corrected chi connectivity index (χ2v) is 4.81. The largest absolute Gasteiger partial charge is 0.433 e. The molecule has 4 nitrogen and oxygen atoms in total. The number of hydrogen-bond donors (Lipinski definition) is 2. The Morgan fingerprint density at radius 2 is 1.86 bits per heavy atom. The molecule has 0 amide bonds. The predicted octanol–water partition coefficient (Wildman–Crippen LogP) is 4.18. The van der Waals surface area contributed by atoms with E-state index in [4.69, 9.17) is 0 Å². The Morgan fingerprint density at radius 3 is 2.43 bits per heavy atom. The molecule has 0 spiro atoms. The van der Waals surface area contributed by atoms with Gasteiger partial charge in [0.1, 0.15) is 11.6 Å². The van der Waals surface area contributed by atoms with Gasteiger partial charge in [-0.3, -0.25) is 0 Å². The number of hydrogen-bond acceptors (Lipinski definition) is 4. The molecule has 1 aromatic heterocycles. The summed E-state index contributed by atoms with van der Waals surface area (Å²) in [5.74, 6) is -0.707. The summed E-state index contributed by atoms with van der Waals surface area (Å²) in [6.45, 7) is 0. The number of alkyl halides is 3. The topological polar surface area (TPSA) is 49.8 Å². The molecular weight excluding hydrogens is 356 g/mol. The second kappa shape index (κ2) is 5.84. The smallest absolute Gasteiger partial charge is 0.357 e. The van der Waals surface area contributed by atoms with Crippen molar-refractivity contribution in [1.82, 2.24) is 9.97 Å². The lowest BCUT2D eigenvalue weighted by Gasteiger charge is -2.12. The van der Waals surface area contributed by atoms with Gasteiger partial charge in [-0.1, -0.05) is 0 Å². The highest BCUT2D eigenvalue weighted by Crippen LogP contribution is 2.31. The van der Waals surface area contributed by atoms with Crippen molar-refractivity contribution in [2.45, 2.75) is 6.18 Å². The molecule has 0 aliphatic rings. The van der Waals surface area contributed by atoms with Gasteiger partial charge in [0.2, 0.25) is 5.95 Å². The van der Waals surface area contributed by atoms with Crippen LogP contribution in [0.3, 0.4) is 0 Å². The van der Waals surface area contributed by atoms with Crippen LogP contribution in [-0.2, 0) is 6.18 Å². The fraction of sp³-hybridized carbons (Fsp3) is 0.167. The average molecular weight is 365 g/mol. The van der Waals surface area contributed by atoms with Crippen LogP contribution in [0.1, 0.15) is 5.69 Å². The standard InChI is InChI=1S/C12H9BrF4N4/c1-18-11-20-9(12(15,16)17)5-10(21-11)19-8-3-2-6(14)4-7(8)13/h2-5H,1H3,(H2,18,19,20,21). The van der Waals surface area contributed by atoms with Crippen LogP contribution in [0.2, 0.25) is 0 Å². The predicted molar refractivity (Wildman–Crippen MR) is 74.0 cm³/mol. The van der Waals surface area contributed by atoms with Crippen LogP contribution in [0.5, 0.6) is 0 Å². The number of nitrogens with zero attached hydrogens (tertiary/aromatic N) is 2. The Balaban J connectivity index is 2.39. The molecule has 0 radical (unpaired) electrons. The summed E-state index contributed by atoms with van der Waals surface area (Å²) in [6.07, 6.45) is -4.59. The van der Waals surface area contributed by atoms with E-state index in [0.29, 0.717) is 10.2 Å². The molecule has 0 fully saturated rings. The van der Waals surface area contributed by atoms with Gasteiger partial charge in [-0.15, -0.1) is 0 Å². The van der Waals surface area contributed by atoms with Gasteiger partial charge < -0.3 is 10.6 Å². The number of benzene rings is 1. The average Bonchev–Trinajstić information content (AvgIpc) is 2.40. The summed E-state index contributed by atoms with van der Waals surface area (Å²) < 4.78 is 51.6. The third kappa shape index (κ3) is 3.81. The van der Waals surface area contributed by atoms with Crippen LogP contribution in [-0.4, -0.2) is 17.0 Å². The molecular formula is C12H9BrF4N4. The fourth-order valence-corrected chi connectivity index (χ4v) is 1.95. The van der Waals surface area contributed by atoms with Crippen molar-refractivity contribution < 1.29 is 17.6 Å². The minimum Gasteiger partial charge on any atom is -0.357 e. The molecule has 1 heterocycles. The third-order valence-electron chi connectivity index (χ3n) is 2.43. The number of rotatable bonds is 3. The Bertz CT molecular complexity index is 660. The Morgan fingerprint density at radius 1 is 1.14 bits per heavy atom. The van der Waals surface area contributed by atoms with Gasteiger partial charge in [-0.05, 0) is 34.1 Å². The monoisotopic (exact) mass is 364 g/mol. The van der Waals surface area contributed by atoms with Crippen molar-refractivity contribution in [3.8, 4) is 0 Å². The zero-order chi connectivity index (χ0) is 15.6. The van der Waals surface area contributed by atoms with E-state index in [0.717, 1.165) is 6.07 Å². The molecule has 0 atom stereocenters. The van der Waals surface area contributed by atoms with Crippen LogP contribution >= 0.6 is 15.9 Å². The van der Waals surface area contributed by atoms with Crippen molar-refractivity contribution in [2.24, 2.45) is 0 Å². The van der Waals surface area contributed by atoms with Gasteiger partial charge in [-0.25, -0.2) is 9.37 Å². The maximum atomic E-state index is 13.0. The van der Waals surface area contributed by atoms with Crippen molar-refractivity contribution >= 4 is 33.4 Å². The lowest BCUT2D eigenvalue weighted by Crippen LogP contribution is -2.12. The lowest BCUT2D eigenvalue weighted by molar-refractivity contribution is -0.141. The maximum Gasteiger partial charge on any atom is 0.433 e. The summed E-state index contributed by atoms with van der Waals surface area (Å²) in [5, 5.41) is 5.14. The SMILES string of the molecule is CNc1nc(Nc2ccc(F)cc2Br)cc(C(F)(F)F)n1. The summed E-state index contributed by atoms with van der Waals surface area (Å²) in [6, 6.07) is 4.52. The van der Waals surface area contributed by atoms with E-state index in [1.165, 1.54) is 25.2 Å². The molecule has 112 valence electrons. The molecule has 2 aromatic rings. The molecule has 0 aliphatic carbocycles. The highest BCUT2D eigenvalue weighted by molar-refractivity contribution is 9.10. The lowest BCUT2D eigenvalue weighted by atomic mass is 10.3. The molecule has 0 aliphatic heterocycles. The van der Waals surface area contributed by atoms with E-state index in [-0.39, 0.29) is 11.8 Å². The zero-order valence-electron chi connectivity index (χ0n) is 10.6. The fourth-order valence-electron chi connectivity index (χ4n) is 1.50. The highest BCUT2D eigenvalue weighted by atomic mass is 79.9. The van der Waals surface area contributed by atoms with E-state index in [1.54, 1.807) is 0 Å². The molecule has 0 unspecified atom stereocenters. The molecule has 0 bridgehead atoms. The van der Waals surface area contributed by atoms with Crippen molar-refractivity contribution in [2.75, 3.05) is 17.7 Å². The van der Waals surface area contributed by atoms with Crippen LogP contribution in [0.15, 0.2) is 28.7 Å². The van der Waals surface area contributed by atoms with E-state index >= 15 is 0 Å². The molecule has 2 N–H and O–H groups in total. The summed E-state index contributed by atoms with van der Waals surface area (Å²) in [5.41, 5.74) is -0.701. The number of halogens is 5. The molecule has 0 saturated carbocycles. The van der Waals surface area contributed by atoms with Crippen LogP contribution in [0.4, 0.5) is 35.0 Å². The van der Waals surface area contributed by atoms with Crippen molar-refractivity contribution in [1.29, 1.82) is 0 Å². The van der Waals surface area contributed by atoms with E-state index in [2.05, 4.69) is 36.5 Å². The van der Waals surface area contributed by atoms with Crippen molar-refractivity contribution in [3.63, 3.8) is 0 Å². The minimum atomic E-state index is -4.59. The molecule has 0 saturated heterocycles. The van der Waals surface area contributed by atoms with E-state index < -0.39 is 17.7 Å². The number of anilines is 3. The maximum absolute atomic E-state index is 13.0. The summed E-state index contributed by atoms with van der Waals surface area (Å²) in [7, 11) is 1.41. The summed E-state index contributed by atoms with van der Waals surface area (Å²) >= 11 is 3.11. The quantitative estimate of drug-likeness (QED) is 0.802. The zero-order valence-corrected chi connectivity index (χ0v) is 12.2. The second-order valence-electron chi connectivity index (χ2n) is 3.96. The van der Waals surface area contributed by atoms with Gasteiger partial charge >= 0.3 is 6.18 Å². The van der Waals surface area contributed by atoms with E-state index in [1.807, 2.05) is 0 Å². The van der Waals surface area contributed by atoms with Crippen LogP contribution < -0.4 is 10.6 Å². The van der Waals surface area contributed by atoms with Gasteiger partial charge in [-0.2, -0.15) is 18.2 Å². The third-order valence-corrected chi connectivity index (χ3v) is 3.09. The Hall–Kier alpha value is -1.90. The first kappa shape index (κ1) is 15.5. The van der Waals surface area contributed by atoms with Gasteiger partial charge in [0.05, 0.1) is 5.69 Å². The summed E-state index contributed by atoms with van der Waals surface area (Å²) in [4.78, 5) is 7.22. The molecule has 1 aromatic carbocycles. The van der Waals surface area contributed by atoms with E-state index in [9.17, 15) is 17.6 Å². The number of aromatic nitrogens is 2. The van der Waals surface area contributed by atoms with Gasteiger partial charge in [0.15, 0.2) is 5.69 Å². The molecule has 21 heavy (non-hydrogen) atoms. The first-order valence-electron chi connectivity index (χ1n) is 5.65. The Labute approximate surface area is 125 Å². The molecule has 9 heteroatoms. The molecule has 2 rings (SSSR count). The number of nitrogens with one attached hydrogen (secondary N) is 2. The highest BCUT2D eigenvalue weighted by Gasteiger charge is 2.33. The first-order chi connectivity index (χ1) is 9.79. The minimum absolute atomic E-state index is 0.0611. The van der Waals surface area contributed by atoms with Crippen LogP contribution in [0, 0.1) is 5.82 Å². The normalized spacial score (nSPS) is 11.3.